The topological polar surface area (TPSA) is 52.6 Å². The largest absolute Gasteiger partial charge is 0.465 e. The second kappa shape index (κ2) is 8.59. The van der Waals surface area contributed by atoms with Gasteiger partial charge in [-0.3, -0.25) is 9.59 Å². The maximum absolute atomic E-state index is 11.3. The van der Waals surface area contributed by atoms with Gasteiger partial charge in [-0.25, -0.2) is 0 Å². The number of alkyl halides is 2. The van der Waals surface area contributed by atoms with Crippen molar-refractivity contribution in [2.75, 3.05) is 13.2 Å². The summed E-state index contributed by atoms with van der Waals surface area (Å²) in [6.45, 7) is 6.28. The molecule has 0 spiro atoms. The van der Waals surface area contributed by atoms with Crippen LogP contribution in [0.25, 0.3) is 0 Å². The fourth-order valence-electron chi connectivity index (χ4n) is 0.974. The predicted octanol–water partition coefficient (Wildman–Crippen LogP) is 3.09. The fourth-order valence-corrected chi connectivity index (χ4v) is 1.10. The predicted molar refractivity (Wildman–Crippen MR) is 70.7 cm³/mol. The minimum Gasteiger partial charge on any atom is -0.465 e. The molecule has 0 saturated heterocycles. The Morgan fingerprint density at radius 2 is 1.56 bits per heavy atom. The van der Waals surface area contributed by atoms with Gasteiger partial charge >= 0.3 is 11.9 Å². The monoisotopic (exact) mass is 298 g/mol. The normalized spacial score (nSPS) is 11.4. The summed E-state index contributed by atoms with van der Waals surface area (Å²) in [6.07, 6.45) is 0.762. The summed E-state index contributed by atoms with van der Waals surface area (Å²) in [5.41, 5.74) is -0.0513. The van der Waals surface area contributed by atoms with Crippen molar-refractivity contribution < 1.29 is 19.1 Å². The van der Waals surface area contributed by atoms with Crippen LogP contribution in [-0.2, 0) is 19.1 Å². The highest BCUT2D eigenvalue weighted by Gasteiger charge is 2.14. The second-order valence-corrected chi connectivity index (χ2v) is 6.43. The van der Waals surface area contributed by atoms with Crippen LogP contribution >= 0.6 is 23.2 Å². The van der Waals surface area contributed by atoms with Crippen molar-refractivity contribution in [2.24, 2.45) is 5.41 Å². The number of hydrogen-bond donors (Lipinski definition) is 0. The lowest BCUT2D eigenvalue weighted by molar-refractivity contribution is -0.147. The first-order valence-electron chi connectivity index (χ1n) is 5.80. The van der Waals surface area contributed by atoms with Crippen LogP contribution in [0, 0.1) is 5.41 Å². The first-order chi connectivity index (χ1) is 8.20. The van der Waals surface area contributed by atoms with Gasteiger partial charge in [0.05, 0.1) is 6.61 Å². The van der Waals surface area contributed by atoms with Gasteiger partial charge in [-0.05, 0) is 11.8 Å². The van der Waals surface area contributed by atoms with Gasteiger partial charge in [0.2, 0.25) is 0 Å². The van der Waals surface area contributed by atoms with Gasteiger partial charge in [0.25, 0.3) is 0 Å². The third kappa shape index (κ3) is 12.0. The lowest BCUT2D eigenvalue weighted by atomic mass is 9.99. The number of halogens is 2. The Morgan fingerprint density at radius 1 is 1.06 bits per heavy atom. The van der Waals surface area contributed by atoms with Gasteiger partial charge in [-0.2, -0.15) is 0 Å². The number of carbonyl (C=O) groups excluding carboxylic acids is 2. The molecular weight excluding hydrogens is 279 g/mol. The summed E-state index contributed by atoms with van der Waals surface area (Å²) < 4.78 is 9.80. The van der Waals surface area contributed by atoms with E-state index < -0.39 is 10.8 Å². The average Bonchev–Trinajstić information content (AvgIpc) is 2.22. The number of esters is 2. The number of carbonyl (C=O) groups is 2. The van der Waals surface area contributed by atoms with Crippen molar-refractivity contribution >= 4 is 35.1 Å². The third-order valence-corrected chi connectivity index (χ3v) is 2.05. The summed E-state index contributed by atoms with van der Waals surface area (Å²) in [6, 6.07) is 0. The lowest BCUT2D eigenvalue weighted by Gasteiger charge is -2.17. The van der Waals surface area contributed by atoms with Crippen molar-refractivity contribution in [2.45, 2.75) is 44.9 Å². The van der Waals surface area contributed by atoms with E-state index in [1.165, 1.54) is 0 Å². The van der Waals surface area contributed by atoms with E-state index in [0.29, 0.717) is 13.0 Å². The van der Waals surface area contributed by atoms with Crippen molar-refractivity contribution in [3.8, 4) is 0 Å². The molecular formula is C12H20Cl2O4. The maximum atomic E-state index is 11.3. The molecule has 0 rings (SSSR count). The van der Waals surface area contributed by atoms with Crippen LogP contribution in [0.3, 0.4) is 0 Å². The Balaban J connectivity index is 3.59. The van der Waals surface area contributed by atoms with E-state index in [0.717, 1.165) is 0 Å². The van der Waals surface area contributed by atoms with Crippen LogP contribution < -0.4 is 0 Å². The Morgan fingerprint density at radius 3 is 2.00 bits per heavy atom. The number of rotatable bonds is 7. The first kappa shape index (κ1) is 17.5. The van der Waals surface area contributed by atoms with Gasteiger partial charge in [-0.1, -0.05) is 20.8 Å². The Bertz CT molecular complexity index is 272. The molecule has 0 aliphatic rings. The van der Waals surface area contributed by atoms with Crippen molar-refractivity contribution in [1.29, 1.82) is 0 Å². The van der Waals surface area contributed by atoms with Crippen LogP contribution in [-0.4, -0.2) is 30.0 Å². The van der Waals surface area contributed by atoms with Crippen LogP contribution in [0.2, 0.25) is 0 Å². The van der Waals surface area contributed by atoms with E-state index >= 15 is 0 Å². The fraction of sp³-hybridized carbons (Fsp3) is 0.833. The lowest BCUT2D eigenvalue weighted by Crippen LogP contribution is -2.18. The van der Waals surface area contributed by atoms with Crippen LogP contribution in [0.1, 0.15) is 40.0 Å². The van der Waals surface area contributed by atoms with Crippen LogP contribution in [0.5, 0.6) is 0 Å². The van der Waals surface area contributed by atoms with Crippen molar-refractivity contribution in [3.05, 3.63) is 0 Å². The van der Waals surface area contributed by atoms with E-state index in [9.17, 15) is 9.59 Å². The highest BCUT2D eigenvalue weighted by Crippen LogP contribution is 2.13. The highest BCUT2D eigenvalue weighted by molar-refractivity contribution is 6.44. The molecule has 0 fully saturated rings. The highest BCUT2D eigenvalue weighted by atomic mass is 35.5. The Kier molecular flexibility index (Phi) is 8.36. The molecule has 0 aliphatic carbocycles. The molecule has 0 aromatic rings. The maximum Gasteiger partial charge on any atom is 0.305 e. The van der Waals surface area contributed by atoms with E-state index in [1.807, 2.05) is 20.8 Å². The minimum absolute atomic E-state index is 0.0313. The van der Waals surface area contributed by atoms with Crippen molar-refractivity contribution in [1.82, 2.24) is 0 Å². The van der Waals surface area contributed by atoms with Crippen molar-refractivity contribution in [3.63, 3.8) is 0 Å². The van der Waals surface area contributed by atoms with Crippen LogP contribution in [0.4, 0.5) is 0 Å². The standard InChI is InChI=1S/C12H20Cl2O4/c1-12(2,3)8-18-11(16)6-4-5-10(15)17-7-9(13)14/h9H,4-8H2,1-3H3. The van der Waals surface area contributed by atoms with Gasteiger partial charge in [0.15, 0.2) is 0 Å². The minimum atomic E-state index is -0.717. The zero-order chi connectivity index (χ0) is 14.2. The Labute approximate surface area is 118 Å². The van der Waals surface area contributed by atoms with E-state index in [1.54, 1.807) is 0 Å². The molecule has 6 heteroatoms. The molecule has 0 unspecified atom stereocenters. The molecule has 0 aromatic carbocycles. The molecule has 0 saturated carbocycles. The smallest absolute Gasteiger partial charge is 0.305 e. The molecule has 0 atom stereocenters. The zero-order valence-electron chi connectivity index (χ0n) is 11.0. The quantitative estimate of drug-likeness (QED) is 0.535. The molecule has 106 valence electrons. The molecule has 18 heavy (non-hydrogen) atoms. The van der Waals surface area contributed by atoms with E-state index in [-0.39, 0.29) is 30.8 Å². The second-order valence-electron chi connectivity index (χ2n) is 5.15. The van der Waals surface area contributed by atoms with Gasteiger partial charge < -0.3 is 9.47 Å². The molecule has 0 aliphatic heterocycles. The SMILES string of the molecule is CC(C)(C)COC(=O)CCCC(=O)OCC(Cl)Cl. The summed E-state index contributed by atoms with van der Waals surface area (Å²) in [5, 5.41) is 0. The van der Waals surface area contributed by atoms with E-state index in [2.05, 4.69) is 0 Å². The first-order valence-corrected chi connectivity index (χ1v) is 6.67. The Hall–Kier alpha value is -0.480. The van der Waals surface area contributed by atoms with E-state index in [4.69, 9.17) is 32.7 Å². The molecule has 0 heterocycles. The molecule has 0 N–H and O–H groups in total. The summed E-state index contributed by atoms with van der Waals surface area (Å²) in [5.74, 6) is -0.713. The number of hydrogen-bond acceptors (Lipinski definition) is 4. The molecule has 0 aromatic heterocycles. The van der Waals surface area contributed by atoms with Crippen LogP contribution in [0.15, 0.2) is 0 Å². The summed E-state index contributed by atoms with van der Waals surface area (Å²) >= 11 is 10.8. The summed E-state index contributed by atoms with van der Waals surface area (Å²) in [7, 11) is 0. The molecule has 4 nitrogen and oxygen atoms in total. The molecule has 0 amide bonds. The number of ether oxygens (including phenoxy) is 2. The van der Waals surface area contributed by atoms with Gasteiger partial charge in [0.1, 0.15) is 11.4 Å². The average molecular weight is 299 g/mol. The molecule has 0 radical (unpaired) electrons. The van der Waals surface area contributed by atoms with Gasteiger partial charge in [-0.15, -0.1) is 23.2 Å². The molecule has 0 bridgehead atoms. The summed E-state index contributed by atoms with van der Waals surface area (Å²) in [4.78, 5) is 21.8. The zero-order valence-corrected chi connectivity index (χ0v) is 12.5. The van der Waals surface area contributed by atoms with Gasteiger partial charge in [0, 0.05) is 12.8 Å². The third-order valence-electron chi connectivity index (χ3n) is 1.80.